The Bertz CT molecular complexity index is 451. The molecular formula is C13H16N2O2. The van der Waals surface area contributed by atoms with E-state index in [2.05, 4.69) is 30.2 Å². The summed E-state index contributed by atoms with van der Waals surface area (Å²) in [4.78, 5) is 14.6. The predicted molar refractivity (Wildman–Crippen MR) is 65.9 cm³/mol. The first-order valence-corrected chi connectivity index (χ1v) is 5.72. The number of carbonyl (C=O) groups is 1. The molecule has 1 aliphatic heterocycles. The van der Waals surface area contributed by atoms with Gasteiger partial charge in [0.1, 0.15) is 5.69 Å². The summed E-state index contributed by atoms with van der Waals surface area (Å²) in [6.07, 6.45) is 4.75. The van der Waals surface area contributed by atoms with Crippen LogP contribution in [0, 0.1) is 0 Å². The van der Waals surface area contributed by atoms with Gasteiger partial charge in [-0.3, -0.25) is 0 Å². The molecule has 2 rings (SSSR count). The number of aromatic carboxylic acids is 1. The fourth-order valence-corrected chi connectivity index (χ4v) is 2.18. The second-order valence-electron chi connectivity index (χ2n) is 4.49. The van der Waals surface area contributed by atoms with E-state index in [1.165, 1.54) is 5.57 Å². The van der Waals surface area contributed by atoms with E-state index >= 15 is 0 Å². The fraction of sp³-hybridized carbons (Fsp3) is 0.385. The minimum absolute atomic E-state index is 0.0874. The maximum Gasteiger partial charge on any atom is 0.354 e. The van der Waals surface area contributed by atoms with Crippen molar-refractivity contribution >= 4 is 11.5 Å². The van der Waals surface area contributed by atoms with Crippen LogP contribution in [0.1, 0.15) is 36.3 Å². The van der Waals surface area contributed by atoms with Gasteiger partial charge in [-0.15, -0.1) is 0 Å². The van der Waals surface area contributed by atoms with Crippen LogP contribution >= 0.6 is 0 Å². The Hall–Kier alpha value is -1.68. The maximum absolute atomic E-state index is 10.7. The van der Waals surface area contributed by atoms with Crippen LogP contribution in [0.25, 0.3) is 5.57 Å². The molecule has 0 bridgehead atoms. The Morgan fingerprint density at radius 2 is 2.24 bits per heavy atom. The van der Waals surface area contributed by atoms with Gasteiger partial charge in [0.25, 0.3) is 0 Å². The summed E-state index contributed by atoms with van der Waals surface area (Å²) in [5, 5.41) is 12.2. The van der Waals surface area contributed by atoms with Crippen molar-refractivity contribution in [3.05, 3.63) is 35.7 Å². The average Bonchev–Trinajstić information content (AvgIpc) is 2.28. The molecule has 17 heavy (non-hydrogen) atoms. The lowest BCUT2D eigenvalue weighted by Crippen LogP contribution is -2.36. The Kier molecular flexibility index (Phi) is 3.24. The Morgan fingerprint density at radius 3 is 2.76 bits per heavy atom. The highest BCUT2D eigenvalue weighted by molar-refractivity contribution is 5.85. The first-order valence-electron chi connectivity index (χ1n) is 5.72. The van der Waals surface area contributed by atoms with Gasteiger partial charge in [-0.2, -0.15) is 0 Å². The lowest BCUT2D eigenvalue weighted by atomic mass is 9.94. The van der Waals surface area contributed by atoms with E-state index in [4.69, 9.17) is 5.11 Å². The van der Waals surface area contributed by atoms with Gasteiger partial charge < -0.3 is 10.4 Å². The minimum Gasteiger partial charge on any atom is -0.477 e. The van der Waals surface area contributed by atoms with E-state index in [0.29, 0.717) is 12.1 Å². The number of nitrogens with one attached hydrogen (secondary N) is 1. The summed E-state index contributed by atoms with van der Waals surface area (Å²) in [7, 11) is 0. The minimum atomic E-state index is -0.988. The van der Waals surface area contributed by atoms with Crippen molar-refractivity contribution in [2.75, 3.05) is 0 Å². The van der Waals surface area contributed by atoms with Gasteiger partial charge in [0.2, 0.25) is 0 Å². The third kappa shape index (κ3) is 2.71. The summed E-state index contributed by atoms with van der Waals surface area (Å²) in [5.74, 6) is -0.988. The van der Waals surface area contributed by atoms with Gasteiger partial charge >= 0.3 is 5.97 Å². The number of nitrogens with zero attached hydrogens (tertiary/aromatic N) is 1. The molecule has 0 aromatic carbocycles. The molecule has 2 N–H and O–H groups in total. The molecule has 0 spiro atoms. The molecule has 2 atom stereocenters. The standard InChI is InChI=1S/C13H16N2O2/c1-8-5-11(6-9(2)15-8)10-3-4-12(13(16)17)14-7-10/h3-5,7-9,15H,6H2,1-2H3,(H,16,17). The molecule has 4 heteroatoms. The fourth-order valence-electron chi connectivity index (χ4n) is 2.18. The van der Waals surface area contributed by atoms with Crippen LogP contribution in [-0.4, -0.2) is 28.1 Å². The molecule has 90 valence electrons. The molecule has 4 nitrogen and oxygen atoms in total. The molecule has 1 aromatic rings. The normalized spacial score (nSPS) is 24.2. The number of carboxylic acid groups (broad SMARTS) is 1. The average molecular weight is 232 g/mol. The number of carboxylic acids is 1. The van der Waals surface area contributed by atoms with E-state index in [1.54, 1.807) is 12.3 Å². The van der Waals surface area contributed by atoms with Crippen LogP contribution in [0.3, 0.4) is 0 Å². The van der Waals surface area contributed by atoms with Crippen molar-refractivity contribution in [1.29, 1.82) is 0 Å². The van der Waals surface area contributed by atoms with Gasteiger partial charge in [-0.1, -0.05) is 12.1 Å². The number of rotatable bonds is 2. The van der Waals surface area contributed by atoms with Gasteiger partial charge in [-0.05, 0) is 37.5 Å². The zero-order valence-corrected chi connectivity index (χ0v) is 9.97. The molecule has 0 fully saturated rings. The van der Waals surface area contributed by atoms with E-state index in [1.807, 2.05) is 6.07 Å². The third-order valence-electron chi connectivity index (χ3n) is 2.88. The van der Waals surface area contributed by atoms with Crippen molar-refractivity contribution in [2.45, 2.75) is 32.4 Å². The van der Waals surface area contributed by atoms with E-state index in [-0.39, 0.29) is 5.69 Å². The molecule has 0 amide bonds. The Labute approximate surface area is 100 Å². The quantitative estimate of drug-likeness (QED) is 0.818. The summed E-state index contributed by atoms with van der Waals surface area (Å²) in [6, 6.07) is 4.15. The van der Waals surface area contributed by atoms with Crippen LogP contribution in [0.15, 0.2) is 24.4 Å². The molecule has 0 radical (unpaired) electrons. The highest BCUT2D eigenvalue weighted by Gasteiger charge is 2.16. The van der Waals surface area contributed by atoms with Crippen molar-refractivity contribution in [3.8, 4) is 0 Å². The highest BCUT2D eigenvalue weighted by atomic mass is 16.4. The van der Waals surface area contributed by atoms with E-state index in [0.717, 1.165) is 12.0 Å². The zero-order valence-electron chi connectivity index (χ0n) is 9.97. The van der Waals surface area contributed by atoms with Crippen molar-refractivity contribution < 1.29 is 9.90 Å². The van der Waals surface area contributed by atoms with Gasteiger partial charge in [0.15, 0.2) is 0 Å². The number of aromatic nitrogens is 1. The Balaban J connectivity index is 2.25. The van der Waals surface area contributed by atoms with Gasteiger partial charge in [0.05, 0.1) is 0 Å². The molecule has 0 saturated carbocycles. The van der Waals surface area contributed by atoms with Crippen molar-refractivity contribution in [1.82, 2.24) is 10.3 Å². The van der Waals surface area contributed by atoms with Crippen LogP contribution in [0.4, 0.5) is 0 Å². The molecule has 1 aliphatic rings. The van der Waals surface area contributed by atoms with Crippen LogP contribution < -0.4 is 5.32 Å². The molecule has 0 saturated heterocycles. The molecule has 2 unspecified atom stereocenters. The zero-order chi connectivity index (χ0) is 12.4. The predicted octanol–water partition coefficient (Wildman–Crippen LogP) is 1.93. The number of hydrogen-bond donors (Lipinski definition) is 2. The third-order valence-corrected chi connectivity index (χ3v) is 2.88. The second kappa shape index (κ2) is 4.67. The van der Waals surface area contributed by atoms with E-state index < -0.39 is 5.97 Å². The molecule has 0 aliphatic carbocycles. The molecule has 1 aromatic heterocycles. The number of hydrogen-bond acceptors (Lipinski definition) is 3. The molecule has 2 heterocycles. The first kappa shape index (κ1) is 11.8. The number of pyridine rings is 1. The summed E-state index contributed by atoms with van der Waals surface area (Å²) in [6.45, 7) is 4.25. The largest absolute Gasteiger partial charge is 0.477 e. The Morgan fingerprint density at radius 1 is 1.47 bits per heavy atom. The summed E-state index contributed by atoms with van der Waals surface area (Å²) >= 11 is 0. The van der Waals surface area contributed by atoms with Crippen molar-refractivity contribution in [2.24, 2.45) is 0 Å². The first-order chi connectivity index (χ1) is 8.06. The van der Waals surface area contributed by atoms with Crippen LogP contribution in [0.5, 0.6) is 0 Å². The smallest absolute Gasteiger partial charge is 0.354 e. The van der Waals surface area contributed by atoms with E-state index in [9.17, 15) is 4.79 Å². The van der Waals surface area contributed by atoms with Gasteiger partial charge in [-0.25, -0.2) is 9.78 Å². The lowest BCUT2D eigenvalue weighted by Gasteiger charge is -2.25. The van der Waals surface area contributed by atoms with Crippen LogP contribution in [0.2, 0.25) is 0 Å². The van der Waals surface area contributed by atoms with Crippen molar-refractivity contribution in [3.63, 3.8) is 0 Å². The monoisotopic (exact) mass is 232 g/mol. The second-order valence-corrected chi connectivity index (χ2v) is 4.49. The van der Waals surface area contributed by atoms with Gasteiger partial charge in [0, 0.05) is 18.3 Å². The topological polar surface area (TPSA) is 62.2 Å². The summed E-state index contributed by atoms with van der Waals surface area (Å²) in [5.41, 5.74) is 2.33. The van der Waals surface area contributed by atoms with Crippen LogP contribution in [-0.2, 0) is 0 Å². The summed E-state index contributed by atoms with van der Waals surface area (Å²) < 4.78 is 0. The SMILES string of the molecule is CC1C=C(c2ccc(C(=O)O)nc2)CC(C)N1. The lowest BCUT2D eigenvalue weighted by molar-refractivity contribution is 0.0690. The molecular weight excluding hydrogens is 216 g/mol. The maximum atomic E-state index is 10.7. The highest BCUT2D eigenvalue weighted by Crippen LogP contribution is 2.23.